The second-order valence-corrected chi connectivity index (χ2v) is 6.69. The van der Waals surface area contributed by atoms with Gasteiger partial charge in [0.15, 0.2) is 0 Å². The Kier molecular flexibility index (Phi) is 5.91. The molecule has 1 amide bonds. The number of carbonyl (C=O) groups is 1. The molecule has 0 saturated carbocycles. The van der Waals surface area contributed by atoms with Gasteiger partial charge in [-0.15, -0.1) is 10.2 Å². The minimum absolute atomic E-state index is 0.153. The second kappa shape index (κ2) is 8.33. The van der Waals surface area contributed by atoms with E-state index in [1.165, 1.54) is 0 Å². The van der Waals surface area contributed by atoms with Crippen LogP contribution in [0.25, 0.3) is 11.5 Å². The molecule has 0 atom stereocenters. The molecular weight excluding hydrogens is 383 g/mol. The van der Waals surface area contributed by atoms with Crippen LogP contribution in [-0.2, 0) is 11.3 Å². The normalized spacial score (nSPS) is 10.6. The van der Waals surface area contributed by atoms with E-state index in [2.05, 4.69) is 20.5 Å². The van der Waals surface area contributed by atoms with Crippen LogP contribution in [0.1, 0.15) is 5.56 Å². The first-order valence-electron chi connectivity index (χ1n) is 7.19. The molecule has 25 heavy (non-hydrogen) atoms. The Labute approximate surface area is 158 Å². The molecule has 0 radical (unpaired) electrons. The fourth-order valence-corrected chi connectivity index (χ4v) is 2.98. The molecule has 0 aliphatic carbocycles. The third-order valence-corrected chi connectivity index (χ3v) is 4.54. The average Bonchev–Trinajstić information content (AvgIpc) is 3.09. The van der Waals surface area contributed by atoms with Crippen molar-refractivity contribution in [1.82, 2.24) is 20.5 Å². The second-order valence-electron chi connectivity index (χ2n) is 4.92. The number of aromatic nitrogens is 3. The lowest BCUT2D eigenvalue weighted by atomic mass is 10.2. The third kappa shape index (κ3) is 4.94. The number of pyridine rings is 1. The highest BCUT2D eigenvalue weighted by Crippen LogP contribution is 2.23. The predicted octanol–water partition coefficient (Wildman–Crippen LogP) is 3.85. The van der Waals surface area contributed by atoms with Gasteiger partial charge in [-0.2, -0.15) is 0 Å². The van der Waals surface area contributed by atoms with Crippen LogP contribution in [0.4, 0.5) is 0 Å². The molecule has 1 N–H and O–H groups in total. The van der Waals surface area contributed by atoms with Gasteiger partial charge in [-0.1, -0.05) is 41.0 Å². The van der Waals surface area contributed by atoms with Crippen molar-refractivity contribution >= 4 is 40.9 Å². The van der Waals surface area contributed by atoms with Crippen molar-refractivity contribution < 1.29 is 9.21 Å². The van der Waals surface area contributed by atoms with Gasteiger partial charge in [0.05, 0.1) is 11.3 Å². The number of carbonyl (C=O) groups excluding carboxylic acids is 1. The van der Waals surface area contributed by atoms with Crippen molar-refractivity contribution in [2.24, 2.45) is 0 Å². The van der Waals surface area contributed by atoms with E-state index < -0.39 is 0 Å². The number of amides is 1. The van der Waals surface area contributed by atoms with E-state index in [1.807, 2.05) is 6.07 Å². The van der Waals surface area contributed by atoms with Gasteiger partial charge >= 0.3 is 0 Å². The molecule has 2 heterocycles. The lowest BCUT2D eigenvalue weighted by molar-refractivity contribution is -0.118. The molecule has 0 saturated heterocycles. The summed E-state index contributed by atoms with van der Waals surface area (Å²) in [6.45, 7) is 0.320. The minimum atomic E-state index is -0.169. The molecule has 3 rings (SSSR count). The number of hydrogen-bond donors (Lipinski definition) is 1. The van der Waals surface area contributed by atoms with Crippen LogP contribution in [0, 0.1) is 0 Å². The molecule has 0 spiro atoms. The summed E-state index contributed by atoms with van der Waals surface area (Å²) in [6, 6.07) is 8.73. The van der Waals surface area contributed by atoms with Gasteiger partial charge in [0, 0.05) is 29.0 Å². The van der Waals surface area contributed by atoms with Crippen LogP contribution in [0.5, 0.6) is 0 Å². The number of hydrogen-bond acceptors (Lipinski definition) is 6. The van der Waals surface area contributed by atoms with Crippen LogP contribution in [0.3, 0.4) is 0 Å². The van der Waals surface area contributed by atoms with Crippen molar-refractivity contribution in [3.63, 3.8) is 0 Å². The molecular formula is C16H12Cl2N4O2S. The summed E-state index contributed by atoms with van der Waals surface area (Å²) in [6.07, 6.45) is 3.29. The first-order valence-corrected chi connectivity index (χ1v) is 8.93. The Bertz CT molecular complexity index is 874. The zero-order valence-electron chi connectivity index (χ0n) is 12.8. The highest BCUT2D eigenvalue weighted by molar-refractivity contribution is 7.99. The Morgan fingerprint density at radius 1 is 1.24 bits per heavy atom. The van der Waals surface area contributed by atoms with E-state index in [9.17, 15) is 4.79 Å². The molecule has 1 aromatic carbocycles. The summed E-state index contributed by atoms with van der Waals surface area (Å²) in [5.41, 5.74) is 1.52. The van der Waals surface area contributed by atoms with Gasteiger partial charge in [0.1, 0.15) is 0 Å². The predicted molar refractivity (Wildman–Crippen MR) is 96.6 cm³/mol. The van der Waals surface area contributed by atoms with E-state index in [-0.39, 0.29) is 11.7 Å². The van der Waals surface area contributed by atoms with Gasteiger partial charge in [-0.25, -0.2) is 0 Å². The molecule has 0 aliphatic heterocycles. The molecule has 0 bridgehead atoms. The van der Waals surface area contributed by atoms with Crippen molar-refractivity contribution in [2.45, 2.75) is 11.8 Å². The maximum absolute atomic E-state index is 11.9. The maximum atomic E-state index is 11.9. The van der Waals surface area contributed by atoms with E-state index in [0.717, 1.165) is 22.9 Å². The molecule has 9 heteroatoms. The van der Waals surface area contributed by atoms with Crippen LogP contribution in [0.15, 0.2) is 52.4 Å². The lowest BCUT2D eigenvalue weighted by Crippen LogP contribution is -2.24. The van der Waals surface area contributed by atoms with Crippen LogP contribution >= 0.6 is 35.0 Å². The molecule has 2 aromatic heterocycles. The summed E-state index contributed by atoms with van der Waals surface area (Å²) in [5, 5.41) is 12.0. The summed E-state index contributed by atoms with van der Waals surface area (Å²) in [5.74, 6) is 0.348. The zero-order valence-corrected chi connectivity index (χ0v) is 15.1. The lowest BCUT2D eigenvalue weighted by Gasteiger charge is -2.06. The van der Waals surface area contributed by atoms with E-state index in [0.29, 0.717) is 27.7 Å². The van der Waals surface area contributed by atoms with E-state index in [4.69, 9.17) is 27.6 Å². The molecule has 3 aromatic rings. The Morgan fingerprint density at radius 2 is 2.12 bits per heavy atom. The highest BCUT2D eigenvalue weighted by Gasteiger charge is 2.11. The number of thioether (sulfide) groups is 1. The molecule has 0 fully saturated rings. The van der Waals surface area contributed by atoms with E-state index in [1.54, 1.807) is 36.7 Å². The van der Waals surface area contributed by atoms with Crippen molar-refractivity contribution in [3.8, 4) is 11.5 Å². The molecule has 128 valence electrons. The van der Waals surface area contributed by atoms with Gasteiger partial charge in [0.2, 0.25) is 11.8 Å². The molecule has 0 aliphatic rings. The van der Waals surface area contributed by atoms with Gasteiger partial charge in [0.25, 0.3) is 5.22 Å². The van der Waals surface area contributed by atoms with Gasteiger partial charge in [-0.3, -0.25) is 9.78 Å². The van der Waals surface area contributed by atoms with Crippen molar-refractivity contribution in [2.75, 3.05) is 5.75 Å². The third-order valence-electron chi connectivity index (χ3n) is 3.13. The first kappa shape index (κ1) is 17.7. The molecule has 0 unspecified atom stereocenters. The number of halogens is 2. The van der Waals surface area contributed by atoms with Crippen molar-refractivity contribution in [1.29, 1.82) is 0 Å². The summed E-state index contributed by atoms with van der Waals surface area (Å²) < 4.78 is 5.50. The van der Waals surface area contributed by atoms with Gasteiger partial charge < -0.3 is 9.73 Å². The van der Waals surface area contributed by atoms with Crippen LogP contribution < -0.4 is 5.32 Å². The molecule has 6 nitrogen and oxygen atoms in total. The maximum Gasteiger partial charge on any atom is 0.277 e. The smallest absolute Gasteiger partial charge is 0.277 e. The number of nitrogens with zero attached hydrogens (tertiary/aromatic N) is 3. The quantitative estimate of drug-likeness (QED) is 0.639. The number of nitrogens with one attached hydrogen (secondary N) is 1. The van der Waals surface area contributed by atoms with Crippen LogP contribution in [-0.4, -0.2) is 26.8 Å². The average molecular weight is 395 g/mol. The Balaban J connectivity index is 1.50. The monoisotopic (exact) mass is 394 g/mol. The number of benzene rings is 1. The summed E-state index contributed by atoms with van der Waals surface area (Å²) in [4.78, 5) is 15.9. The Morgan fingerprint density at radius 3 is 2.88 bits per heavy atom. The van der Waals surface area contributed by atoms with E-state index >= 15 is 0 Å². The zero-order chi connectivity index (χ0) is 17.6. The fourth-order valence-electron chi connectivity index (χ4n) is 1.91. The fraction of sp³-hybridized carbons (Fsp3) is 0.125. The number of rotatable bonds is 6. The van der Waals surface area contributed by atoms with Crippen LogP contribution in [0.2, 0.25) is 10.0 Å². The highest BCUT2D eigenvalue weighted by atomic mass is 35.5. The largest absolute Gasteiger partial charge is 0.411 e. The van der Waals surface area contributed by atoms with Crippen molar-refractivity contribution in [3.05, 3.63) is 58.3 Å². The SMILES string of the molecule is O=C(CSc1nnc(-c2cccnc2)o1)NCc1ccc(Cl)cc1Cl. The topological polar surface area (TPSA) is 80.9 Å². The standard InChI is InChI=1S/C16H12Cl2N4O2S/c17-12-4-3-10(13(18)6-12)8-20-14(23)9-25-16-22-21-15(24-16)11-2-1-5-19-7-11/h1-7H,8-9H2,(H,20,23). The Hall–Kier alpha value is -2.09. The summed E-state index contributed by atoms with van der Waals surface area (Å²) in [7, 11) is 0. The first-order chi connectivity index (χ1) is 12.1. The van der Waals surface area contributed by atoms with Gasteiger partial charge in [-0.05, 0) is 29.8 Å². The summed E-state index contributed by atoms with van der Waals surface area (Å²) >= 11 is 13.1. The minimum Gasteiger partial charge on any atom is -0.411 e.